The summed E-state index contributed by atoms with van der Waals surface area (Å²) in [4.78, 5) is 3.49. The van der Waals surface area contributed by atoms with Crippen LogP contribution in [0.3, 0.4) is 0 Å². The molecule has 0 spiro atoms. The van der Waals surface area contributed by atoms with Crippen molar-refractivity contribution in [2.75, 3.05) is 0 Å². The lowest BCUT2D eigenvalue weighted by Crippen LogP contribution is -2.16. The molecule has 1 aromatic heterocycles. The number of nitrogens with zero attached hydrogens (tertiary/aromatic N) is 1. The molecule has 90 valence electrons. The van der Waals surface area contributed by atoms with Crippen LogP contribution in [0.1, 0.15) is 28.8 Å². The summed E-state index contributed by atoms with van der Waals surface area (Å²) in [6, 6.07) is 0. The Morgan fingerprint density at radius 3 is 2.31 bits per heavy atom. The Bertz CT molecular complexity index is 386. The number of pyridine rings is 1. The van der Waals surface area contributed by atoms with Gasteiger partial charge in [-0.1, -0.05) is 0 Å². The lowest BCUT2D eigenvalue weighted by Gasteiger charge is -2.16. The Kier molecular flexibility index (Phi) is 3.47. The number of halogens is 5. The molecule has 1 rings (SSSR count). The lowest BCUT2D eigenvalue weighted by molar-refractivity contribution is -0.140. The number of hydrogen-bond donors (Lipinski definition) is 1. The largest absolute Gasteiger partial charge is 0.417 e. The maximum absolute atomic E-state index is 12.6. The van der Waals surface area contributed by atoms with Gasteiger partial charge in [0.2, 0.25) is 0 Å². The van der Waals surface area contributed by atoms with Gasteiger partial charge in [-0.15, -0.1) is 0 Å². The average Bonchev–Trinajstić information content (AvgIpc) is 2.14. The Morgan fingerprint density at radius 1 is 1.38 bits per heavy atom. The Balaban J connectivity index is 3.50. The first kappa shape index (κ1) is 12.8. The van der Waals surface area contributed by atoms with Gasteiger partial charge < -0.3 is 5.73 Å². The lowest BCUT2D eigenvalue weighted by atomic mass is 10.0. The second kappa shape index (κ2) is 4.32. The highest BCUT2D eigenvalue weighted by Crippen LogP contribution is 2.38. The first-order valence-electron chi connectivity index (χ1n) is 4.32. The quantitative estimate of drug-likeness (QED) is 0.807. The van der Waals surface area contributed by atoms with Crippen molar-refractivity contribution in [3.05, 3.63) is 28.6 Å². The molecule has 16 heavy (non-hydrogen) atoms. The van der Waals surface area contributed by atoms with Gasteiger partial charge in [-0.2, -0.15) is 13.2 Å². The molecule has 0 unspecified atom stereocenters. The van der Waals surface area contributed by atoms with Crippen molar-refractivity contribution < 1.29 is 22.0 Å². The van der Waals surface area contributed by atoms with Crippen molar-refractivity contribution in [2.45, 2.75) is 26.1 Å². The molecular formula is C9H9F5N2. The second-order valence-electron chi connectivity index (χ2n) is 3.16. The fourth-order valence-corrected chi connectivity index (χ4v) is 1.42. The van der Waals surface area contributed by atoms with Gasteiger partial charge in [-0.3, -0.25) is 4.98 Å². The van der Waals surface area contributed by atoms with Crippen LogP contribution in [-0.2, 0) is 12.7 Å². The van der Waals surface area contributed by atoms with Crippen LogP contribution in [0.5, 0.6) is 0 Å². The topological polar surface area (TPSA) is 38.9 Å². The predicted octanol–water partition coefficient (Wildman–Crippen LogP) is 2.81. The smallest absolute Gasteiger partial charge is 0.325 e. The van der Waals surface area contributed by atoms with Crippen LogP contribution in [0.15, 0.2) is 6.20 Å². The summed E-state index contributed by atoms with van der Waals surface area (Å²) >= 11 is 0. The molecule has 1 heterocycles. The normalized spacial score (nSPS) is 12.2. The van der Waals surface area contributed by atoms with E-state index in [4.69, 9.17) is 5.73 Å². The fraction of sp³-hybridized carbons (Fsp3) is 0.444. The summed E-state index contributed by atoms with van der Waals surface area (Å²) in [5.41, 5.74) is 2.36. The first-order valence-corrected chi connectivity index (χ1v) is 4.32. The van der Waals surface area contributed by atoms with Gasteiger partial charge in [-0.05, 0) is 12.5 Å². The van der Waals surface area contributed by atoms with Crippen molar-refractivity contribution >= 4 is 0 Å². The molecule has 2 N–H and O–H groups in total. The molecule has 0 saturated heterocycles. The number of rotatable bonds is 2. The van der Waals surface area contributed by atoms with Gasteiger partial charge in [0.15, 0.2) is 0 Å². The maximum atomic E-state index is 12.6. The third-order valence-electron chi connectivity index (χ3n) is 2.17. The van der Waals surface area contributed by atoms with Gasteiger partial charge >= 0.3 is 6.18 Å². The summed E-state index contributed by atoms with van der Waals surface area (Å²) in [6.07, 6.45) is -7.51. The fourth-order valence-electron chi connectivity index (χ4n) is 1.42. The zero-order chi connectivity index (χ0) is 12.5. The van der Waals surface area contributed by atoms with Crippen LogP contribution in [0.4, 0.5) is 22.0 Å². The molecule has 0 saturated carbocycles. The molecule has 0 aliphatic heterocycles. The number of alkyl halides is 5. The van der Waals surface area contributed by atoms with E-state index in [1.807, 2.05) is 0 Å². The van der Waals surface area contributed by atoms with E-state index in [0.29, 0.717) is 6.20 Å². The van der Waals surface area contributed by atoms with Crippen LogP contribution < -0.4 is 5.73 Å². The minimum atomic E-state index is -4.83. The molecule has 7 heteroatoms. The monoisotopic (exact) mass is 240 g/mol. The molecule has 0 bridgehead atoms. The molecular weight excluding hydrogens is 231 g/mol. The van der Waals surface area contributed by atoms with Crippen molar-refractivity contribution in [2.24, 2.45) is 5.73 Å². The standard InChI is InChI=1S/C9H9F5N2/c1-4-6(2-15)16-3-5(8(10)11)7(4)9(12,13)14/h3,8H,2,15H2,1H3. The van der Waals surface area contributed by atoms with Gasteiger partial charge in [0, 0.05) is 18.3 Å². The molecule has 0 aliphatic carbocycles. The van der Waals surface area contributed by atoms with E-state index in [9.17, 15) is 22.0 Å². The number of nitrogens with two attached hydrogens (primary N) is 1. The van der Waals surface area contributed by atoms with E-state index < -0.39 is 23.7 Å². The van der Waals surface area contributed by atoms with E-state index in [-0.39, 0.29) is 17.8 Å². The highest BCUT2D eigenvalue weighted by molar-refractivity contribution is 5.38. The van der Waals surface area contributed by atoms with Crippen molar-refractivity contribution in [3.8, 4) is 0 Å². The van der Waals surface area contributed by atoms with E-state index >= 15 is 0 Å². The highest BCUT2D eigenvalue weighted by atomic mass is 19.4. The first-order chi connectivity index (χ1) is 7.29. The zero-order valence-electron chi connectivity index (χ0n) is 8.28. The summed E-state index contributed by atoms with van der Waals surface area (Å²) in [5, 5.41) is 0. The van der Waals surface area contributed by atoms with E-state index in [2.05, 4.69) is 4.98 Å². The third-order valence-corrected chi connectivity index (χ3v) is 2.17. The van der Waals surface area contributed by atoms with Crippen molar-refractivity contribution in [1.29, 1.82) is 0 Å². The summed E-state index contributed by atoms with van der Waals surface area (Å²) in [7, 11) is 0. The average molecular weight is 240 g/mol. The van der Waals surface area contributed by atoms with Gasteiger partial charge in [-0.25, -0.2) is 8.78 Å². The summed E-state index contributed by atoms with van der Waals surface area (Å²) in [5.74, 6) is 0. The van der Waals surface area contributed by atoms with Crippen molar-refractivity contribution in [3.63, 3.8) is 0 Å². The number of aromatic nitrogens is 1. The Labute approximate surface area is 88.3 Å². The molecule has 0 aromatic carbocycles. The Morgan fingerprint density at radius 2 is 1.94 bits per heavy atom. The molecule has 0 amide bonds. The van der Waals surface area contributed by atoms with Gasteiger partial charge in [0.05, 0.1) is 11.3 Å². The molecule has 0 fully saturated rings. The van der Waals surface area contributed by atoms with E-state index in [1.165, 1.54) is 0 Å². The van der Waals surface area contributed by atoms with Gasteiger partial charge in [0.25, 0.3) is 6.43 Å². The van der Waals surface area contributed by atoms with Gasteiger partial charge in [0.1, 0.15) is 0 Å². The van der Waals surface area contributed by atoms with Crippen LogP contribution in [0.2, 0.25) is 0 Å². The molecule has 0 atom stereocenters. The highest BCUT2D eigenvalue weighted by Gasteiger charge is 2.38. The third kappa shape index (κ3) is 2.29. The minimum Gasteiger partial charge on any atom is -0.325 e. The van der Waals surface area contributed by atoms with Crippen LogP contribution in [0, 0.1) is 6.92 Å². The Hall–Kier alpha value is -1.24. The summed E-state index contributed by atoms with van der Waals surface area (Å²) in [6.45, 7) is 0.863. The van der Waals surface area contributed by atoms with Crippen LogP contribution in [-0.4, -0.2) is 4.98 Å². The number of hydrogen-bond acceptors (Lipinski definition) is 2. The van der Waals surface area contributed by atoms with E-state index in [1.54, 1.807) is 0 Å². The summed E-state index contributed by atoms with van der Waals surface area (Å²) < 4.78 is 62.6. The SMILES string of the molecule is Cc1c(CN)ncc(C(F)F)c1C(F)(F)F. The zero-order valence-corrected chi connectivity index (χ0v) is 8.28. The van der Waals surface area contributed by atoms with Crippen LogP contribution >= 0.6 is 0 Å². The molecule has 0 radical (unpaired) electrons. The second-order valence-corrected chi connectivity index (χ2v) is 3.16. The maximum Gasteiger partial charge on any atom is 0.417 e. The van der Waals surface area contributed by atoms with Crippen molar-refractivity contribution in [1.82, 2.24) is 4.98 Å². The minimum absolute atomic E-state index is 0.0308. The predicted molar refractivity (Wildman–Crippen MR) is 46.8 cm³/mol. The van der Waals surface area contributed by atoms with Crippen LogP contribution in [0.25, 0.3) is 0 Å². The van der Waals surface area contributed by atoms with E-state index in [0.717, 1.165) is 6.92 Å². The molecule has 1 aromatic rings. The molecule has 2 nitrogen and oxygen atoms in total. The molecule has 0 aliphatic rings.